The van der Waals surface area contributed by atoms with Crippen molar-refractivity contribution in [3.8, 4) is 5.75 Å². The van der Waals surface area contributed by atoms with Crippen molar-refractivity contribution in [1.82, 2.24) is 0 Å². The van der Waals surface area contributed by atoms with Crippen molar-refractivity contribution in [3.05, 3.63) is 65.7 Å². The van der Waals surface area contributed by atoms with Gasteiger partial charge in [0.15, 0.2) is 0 Å². The van der Waals surface area contributed by atoms with Gasteiger partial charge in [0.25, 0.3) is 0 Å². The molecule has 2 aromatic rings. The van der Waals surface area contributed by atoms with Crippen molar-refractivity contribution < 1.29 is 9.53 Å². The third-order valence-electron chi connectivity index (χ3n) is 3.35. The lowest BCUT2D eigenvalue weighted by Gasteiger charge is -2.12. The topological polar surface area (TPSA) is 26.3 Å². The number of benzene rings is 2. The summed E-state index contributed by atoms with van der Waals surface area (Å²) in [5.41, 5.74) is 2.31. The summed E-state index contributed by atoms with van der Waals surface area (Å²) in [6, 6.07) is 17.9. The number of rotatable bonds is 1. The van der Waals surface area contributed by atoms with Crippen LogP contribution in [0.4, 0.5) is 0 Å². The SMILES string of the molecule is O=C1C[C@H](c2ccccc2)Cc2ccccc2O1. The summed E-state index contributed by atoms with van der Waals surface area (Å²) in [5, 5.41) is 0. The predicted octanol–water partition coefficient (Wildman–Crippen LogP) is 3.32. The van der Waals surface area contributed by atoms with E-state index in [0.29, 0.717) is 12.2 Å². The van der Waals surface area contributed by atoms with E-state index in [0.717, 1.165) is 12.0 Å². The molecule has 0 fully saturated rings. The van der Waals surface area contributed by atoms with Crippen LogP contribution < -0.4 is 4.74 Å². The van der Waals surface area contributed by atoms with E-state index in [9.17, 15) is 4.79 Å². The largest absolute Gasteiger partial charge is 0.426 e. The molecule has 0 saturated heterocycles. The molecule has 90 valence electrons. The Labute approximate surface area is 106 Å². The van der Waals surface area contributed by atoms with Gasteiger partial charge in [0.1, 0.15) is 5.75 Å². The zero-order valence-electron chi connectivity index (χ0n) is 10.0. The minimum atomic E-state index is -0.145. The van der Waals surface area contributed by atoms with Gasteiger partial charge in [-0.3, -0.25) is 4.79 Å². The molecule has 0 spiro atoms. The van der Waals surface area contributed by atoms with Crippen molar-refractivity contribution in [1.29, 1.82) is 0 Å². The number of ether oxygens (including phenoxy) is 1. The van der Waals surface area contributed by atoms with Crippen LogP contribution in [0.25, 0.3) is 0 Å². The lowest BCUT2D eigenvalue weighted by Crippen LogP contribution is -2.10. The Balaban J connectivity index is 1.97. The Morgan fingerprint density at radius 1 is 0.889 bits per heavy atom. The second-order valence-corrected chi connectivity index (χ2v) is 4.60. The quantitative estimate of drug-likeness (QED) is 0.562. The van der Waals surface area contributed by atoms with Crippen molar-refractivity contribution in [2.24, 2.45) is 0 Å². The fourth-order valence-corrected chi connectivity index (χ4v) is 2.44. The number of para-hydroxylation sites is 1. The van der Waals surface area contributed by atoms with Crippen LogP contribution in [0.3, 0.4) is 0 Å². The molecule has 1 aliphatic heterocycles. The fourth-order valence-electron chi connectivity index (χ4n) is 2.44. The Kier molecular flexibility index (Phi) is 2.85. The van der Waals surface area contributed by atoms with Crippen molar-refractivity contribution >= 4 is 5.97 Å². The summed E-state index contributed by atoms with van der Waals surface area (Å²) in [7, 11) is 0. The smallest absolute Gasteiger partial charge is 0.311 e. The highest BCUT2D eigenvalue weighted by Crippen LogP contribution is 2.32. The Bertz CT molecular complexity index is 560. The van der Waals surface area contributed by atoms with Gasteiger partial charge in [0, 0.05) is 0 Å². The molecule has 2 heteroatoms. The summed E-state index contributed by atoms with van der Waals surface area (Å²) in [6.07, 6.45) is 1.30. The monoisotopic (exact) mass is 238 g/mol. The lowest BCUT2D eigenvalue weighted by molar-refractivity contribution is -0.134. The van der Waals surface area contributed by atoms with Gasteiger partial charge >= 0.3 is 5.97 Å². The maximum Gasteiger partial charge on any atom is 0.311 e. The van der Waals surface area contributed by atoms with Crippen LogP contribution in [0.5, 0.6) is 5.75 Å². The van der Waals surface area contributed by atoms with Gasteiger partial charge in [0.2, 0.25) is 0 Å². The van der Waals surface area contributed by atoms with Gasteiger partial charge in [-0.2, -0.15) is 0 Å². The van der Waals surface area contributed by atoms with Gasteiger partial charge in [-0.1, -0.05) is 48.5 Å². The Morgan fingerprint density at radius 3 is 2.44 bits per heavy atom. The van der Waals surface area contributed by atoms with Crippen molar-refractivity contribution in [2.75, 3.05) is 0 Å². The molecule has 0 radical (unpaired) electrons. The summed E-state index contributed by atoms with van der Waals surface area (Å²) in [4.78, 5) is 11.8. The summed E-state index contributed by atoms with van der Waals surface area (Å²) in [5.74, 6) is 0.775. The molecule has 2 aromatic carbocycles. The Hall–Kier alpha value is -2.09. The second kappa shape index (κ2) is 4.65. The van der Waals surface area contributed by atoms with Gasteiger partial charge in [0.05, 0.1) is 6.42 Å². The summed E-state index contributed by atoms with van der Waals surface area (Å²) >= 11 is 0. The summed E-state index contributed by atoms with van der Waals surface area (Å²) < 4.78 is 5.37. The molecule has 0 aromatic heterocycles. The molecular weight excluding hydrogens is 224 g/mol. The standard InChI is InChI=1S/C16H14O2/c17-16-11-14(12-6-2-1-3-7-12)10-13-8-4-5-9-15(13)18-16/h1-9,14H,10-11H2/t14-/m1/s1. The van der Waals surface area contributed by atoms with Gasteiger partial charge in [-0.25, -0.2) is 0 Å². The number of carbonyl (C=O) groups excluding carboxylic acids is 1. The number of esters is 1. The second-order valence-electron chi connectivity index (χ2n) is 4.60. The number of hydrogen-bond donors (Lipinski definition) is 0. The lowest BCUT2D eigenvalue weighted by atomic mass is 9.90. The maximum atomic E-state index is 11.8. The van der Waals surface area contributed by atoms with Crippen LogP contribution in [-0.4, -0.2) is 5.97 Å². The first-order valence-electron chi connectivity index (χ1n) is 6.16. The molecule has 2 nitrogen and oxygen atoms in total. The highest BCUT2D eigenvalue weighted by Gasteiger charge is 2.23. The highest BCUT2D eigenvalue weighted by molar-refractivity contribution is 5.75. The van der Waals surface area contributed by atoms with Crippen LogP contribution in [0, 0.1) is 0 Å². The number of fused-ring (bicyclic) bond motifs is 1. The molecule has 1 heterocycles. The molecule has 18 heavy (non-hydrogen) atoms. The first-order valence-corrected chi connectivity index (χ1v) is 6.16. The fraction of sp³-hybridized carbons (Fsp3) is 0.188. The van der Waals surface area contributed by atoms with E-state index in [-0.39, 0.29) is 11.9 Å². The highest BCUT2D eigenvalue weighted by atomic mass is 16.5. The molecular formula is C16H14O2. The number of carbonyl (C=O) groups is 1. The van der Waals surface area contributed by atoms with E-state index >= 15 is 0 Å². The molecule has 1 atom stereocenters. The zero-order valence-corrected chi connectivity index (χ0v) is 10.0. The molecule has 0 aliphatic carbocycles. The normalized spacial score (nSPS) is 18.7. The average molecular weight is 238 g/mol. The van der Waals surface area contributed by atoms with E-state index in [4.69, 9.17) is 4.74 Å². The van der Waals surface area contributed by atoms with Crippen LogP contribution in [0.2, 0.25) is 0 Å². The predicted molar refractivity (Wildman–Crippen MR) is 69.6 cm³/mol. The molecule has 1 aliphatic rings. The van der Waals surface area contributed by atoms with Crippen LogP contribution in [-0.2, 0) is 11.2 Å². The van der Waals surface area contributed by atoms with Crippen LogP contribution >= 0.6 is 0 Å². The van der Waals surface area contributed by atoms with Gasteiger partial charge < -0.3 is 4.74 Å². The van der Waals surface area contributed by atoms with Crippen LogP contribution in [0.1, 0.15) is 23.5 Å². The zero-order chi connectivity index (χ0) is 12.4. The first-order chi connectivity index (χ1) is 8.83. The number of hydrogen-bond acceptors (Lipinski definition) is 2. The average Bonchev–Trinajstić information content (AvgIpc) is 2.57. The van der Waals surface area contributed by atoms with E-state index in [1.54, 1.807) is 0 Å². The van der Waals surface area contributed by atoms with E-state index in [2.05, 4.69) is 12.1 Å². The molecule has 0 unspecified atom stereocenters. The van der Waals surface area contributed by atoms with Crippen molar-refractivity contribution in [3.63, 3.8) is 0 Å². The van der Waals surface area contributed by atoms with E-state index in [1.807, 2.05) is 42.5 Å². The third-order valence-corrected chi connectivity index (χ3v) is 3.35. The molecule has 3 rings (SSSR count). The van der Waals surface area contributed by atoms with E-state index in [1.165, 1.54) is 5.56 Å². The van der Waals surface area contributed by atoms with E-state index < -0.39 is 0 Å². The molecule has 0 amide bonds. The molecule has 0 bridgehead atoms. The minimum absolute atomic E-state index is 0.145. The molecule has 0 saturated carbocycles. The Morgan fingerprint density at radius 2 is 1.61 bits per heavy atom. The molecule has 0 N–H and O–H groups in total. The third kappa shape index (κ3) is 2.14. The van der Waals surface area contributed by atoms with Gasteiger partial charge in [-0.15, -0.1) is 0 Å². The maximum absolute atomic E-state index is 11.8. The minimum Gasteiger partial charge on any atom is -0.426 e. The summed E-state index contributed by atoms with van der Waals surface area (Å²) in [6.45, 7) is 0. The van der Waals surface area contributed by atoms with Crippen LogP contribution in [0.15, 0.2) is 54.6 Å². The van der Waals surface area contributed by atoms with Crippen molar-refractivity contribution in [2.45, 2.75) is 18.8 Å². The van der Waals surface area contributed by atoms with Gasteiger partial charge in [-0.05, 0) is 29.5 Å². The first kappa shape index (κ1) is 11.0.